The third kappa shape index (κ3) is 1.72. The van der Waals surface area contributed by atoms with E-state index in [1.54, 1.807) is 5.57 Å². The van der Waals surface area contributed by atoms with E-state index in [9.17, 15) is 0 Å². The maximum atomic E-state index is 3.77. The molecule has 0 saturated heterocycles. The summed E-state index contributed by atoms with van der Waals surface area (Å²) >= 11 is 3.77. The van der Waals surface area contributed by atoms with Crippen LogP contribution in [0.2, 0.25) is 0 Å². The highest BCUT2D eigenvalue weighted by Gasteiger charge is 2.33. The summed E-state index contributed by atoms with van der Waals surface area (Å²) in [6.45, 7) is 0. The van der Waals surface area contributed by atoms with Gasteiger partial charge in [0.05, 0.1) is 0 Å². The summed E-state index contributed by atoms with van der Waals surface area (Å²) in [6, 6.07) is 8.90. The fraction of sp³-hybridized carbons (Fsp3) is 0.222. The summed E-state index contributed by atoms with van der Waals surface area (Å²) in [5, 5.41) is 0. The molecule has 0 bridgehead atoms. The second-order valence-corrected chi connectivity index (χ2v) is 6.36. The Morgan fingerprint density at radius 3 is 2.63 bits per heavy atom. The Labute approximate surface area is 122 Å². The molecule has 0 fully saturated rings. The standard InChI is InChI=1S/C18H15Br/c19-17-11-13-10-9-12-5-1-2-6-14(12)18(13)16-8-4-3-7-15(16)17/h1-8,11,15-16H,9-10H2. The molecule has 0 nitrogen and oxygen atoms in total. The molecule has 4 rings (SSSR count). The molecule has 0 spiro atoms. The van der Waals surface area contributed by atoms with Crippen molar-refractivity contribution >= 4 is 21.5 Å². The van der Waals surface area contributed by atoms with Crippen molar-refractivity contribution in [2.45, 2.75) is 12.8 Å². The van der Waals surface area contributed by atoms with Gasteiger partial charge in [0.2, 0.25) is 0 Å². The molecule has 0 amide bonds. The lowest BCUT2D eigenvalue weighted by Gasteiger charge is -2.35. The van der Waals surface area contributed by atoms with Crippen molar-refractivity contribution in [2.75, 3.05) is 0 Å². The van der Waals surface area contributed by atoms with Crippen LogP contribution >= 0.6 is 15.9 Å². The van der Waals surface area contributed by atoms with Crippen LogP contribution in [0.15, 0.2) is 64.7 Å². The fourth-order valence-electron chi connectivity index (χ4n) is 3.53. The zero-order valence-electron chi connectivity index (χ0n) is 10.6. The third-order valence-corrected chi connectivity index (χ3v) is 5.17. The van der Waals surface area contributed by atoms with Crippen molar-refractivity contribution in [3.8, 4) is 0 Å². The molecule has 2 unspecified atom stereocenters. The molecule has 0 N–H and O–H groups in total. The maximum absolute atomic E-state index is 3.77. The molecule has 19 heavy (non-hydrogen) atoms. The predicted octanol–water partition coefficient (Wildman–Crippen LogP) is 5.04. The van der Waals surface area contributed by atoms with Crippen LogP contribution in [-0.2, 0) is 6.42 Å². The van der Waals surface area contributed by atoms with Crippen molar-refractivity contribution in [3.63, 3.8) is 0 Å². The SMILES string of the molecule is BrC1=CC2=C(c3ccccc3CC2)C2C=CC=CC12. The minimum absolute atomic E-state index is 0.481. The fourth-order valence-corrected chi connectivity index (χ4v) is 4.24. The first-order chi connectivity index (χ1) is 9.34. The summed E-state index contributed by atoms with van der Waals surface area (Å²) in [5.41, 5.74) is 6.05. The van der Waals surface area contributed by atoms with Gasteiger partial charge in [-0.1, -0.05) is 64.5 Å². The lowest BCUT2D eigenvalue weighted by molar-refractivity contribution is 0.655. The summed E-state index contributed by atoms with van der Waals surface area (Å²) < 4.78 is 1.33. The molecule has 0 radical (unpaired) electrons. The average Bonchev–Trinajstić information content (AvgIpc) is 2.47. The van der Waals surface area contributed by atoms with E-state index < -0.39 is 0 Å². The van der Waals surface area contributed by atoms with Gasteiger partial charge in [-0.05, 0) is 41.2 Å². The number of hydrogen-bond donors (Lipinski definition) is 0. The molecule has 94 valence electrons. The van der Waals surface area contributed by atoms with Crippen LogP contribution in [0.3, 0.4) is 0 Å². The van der Waals surface area contributed by atoms with Crippen LogP contribution in [0.5, 0.6) is 0 Å². The third-order valence-electron chi connectivity index (χ3n) is 4.42. The Kier molecular flexibility index (Phi) is 2.63. The van der Waals surface area contributed by atoms with E-state index in [2.05, 4.69) is 70.6 Å². The highest BCUT2D eigenvalue weighted by molar-refractivity contribution is 9.11. The van der Waals surface area contributed by atoms with Gasteiger partial charge < -0.3 is 0 Å². The van der Waals surface area contributed by atoms with Gasteiger partial charge in [0.15, 0.2) is 0 Å². The predicted molar refractivity (Wildman–Crippen MR) is 84.0 cm³/mol. The number of hydrogen-bond acceptors (Lipinski definition) is 0. The van der Waals surface area contributed by atoms with Crippen LogP contribution < -0.4 is 0 Å². The lowest BCUT2D eigenvalue weighted by Crippen LogP contribution is -2.22. The molecule has 2 atom stereocenters. The first-order valence-corrected chi connectivity index (χ1v) is 7.67. The molecule has 0 saturated carbocycles. The topological polar surface area (TPSA) is 0 Å². The molecule has 3 aliphatic rings. The Morgan fingerprint density at radius 2 is 1.74 bits per heavy atom. The first-order valence-electron chi connectivity index (χ1n) is 6.88. The van der Waals surface area contributed by atoms with E-state index in [-0.39, 0.29) is 0 Å². The minimum atomic E-state index is 0.481. The zero-order chi connectivity index (χ0) is 12.8. The number of rotatable bonds is 0. The van der Waals surface area contributed by atoms with Crippen molar-refractivity contribution in [3.05, 3.63) is 75.8 Å². The Morgan fingerprint density at radius 1 is 0.947 bits per heavy atom. The van der Waals surface area contributed by atoms with Crippen LogP contribution in [0.4, 0.5) is 0 Å². The molecule has 1 heteroatoms. The highest BCUT2D eigenvalue weighted by Crippen LogP contribution is 2.48. The summed E-state index contributed by atoms with van der Waals surface area (Å²) in [4.78, 5) is 0. The van der Waals surface area contributed by atoms with Crippen LogP contribution in [0.25, 0.3) is 5.57 Å². The highest BCUT2D eigenvalue weighted by atomic mass is 79.9. The van der Waals surface area contributed by atoms with Gasteiger partial charge in [-0.15, -0.1) is 0 Å². The average molecular weight is 311 g/mol. The van der Waals surface area contributed by atoms with Crippen molar-refractivity contribution in [1.82, 2.24) is 0 Å². The number of allylic oxidation sites excluding steroid dienone is 8. The van der Waals surface area contributed by atoms with E-state index in [4.69, 9.17) is 0 Å². The second kappa shape index (κ2) is 4.35. The number of aryl methyl sites for hydroxylation is 1. The summed E-state index contributed by atoms with van der Waals surface area (Å²) in [6.07, 6.45) is 13.7. The minimum Gasteiger partial charge on any atom is -0.0760 e. The molecular weight excluding hydrogens is 296 g/mol. The first kappa shape index (κ1) is 11.5. The van der Waals surface area contributed by atoms with E-state index in [0.29, 0.717) is 11.8 Å². The largest absolute Gasteiger partial charge is 0.0760 e. The van der Waals surface area contributed by atoms with Gasteiger partial charge in [-0.25, -0.2) is 0 Å². The molecule has 1 aromatic rings. The molecule has 3 aliphatic carbocycles. The van der Waals surface area contributed by atoms with Crippen molar-refractivity contribution in [1.29, 1.82) is 0 Å². The summed E-state index contributed by atoms with van der Waals surface area (Å²) in [5.74, 6) is 0.982. The lowest BCUT2D eigenvalue weighted by atomic mass is 9.70. The Hall–Kier alpha value is -1.34. The molecule has 0 aromatic heterocycles. The number of fused-ring (bicyclic) bond motifs is 4. The molecule has 0 heterocycles. The van der Waals surface area contributed by atoms with E-state index in [0.717, 1.165) is 0 Å². The normalized spacial score (nSPS) is 27.5. The Balaban J connectivity index is 1.94. The summed E-state index contributed by atoms with van der Waals surface area (Å²) in [7, 11) is 0. The van der Waals surface area contributed by atoms with Crippen molar-refractivity contribution in [2.24, 2.45) is 11.8 Å². The molecule has 1 aromatic carbocycles. The van der Waals surface area contributed by atoms with Crippen LogP contribution in [-0.4, -0.2) is 0 Å². The number of halogens is 1. The monoisotopic (exact) mass is 310 g/mol. The second-order valence-electron chi connectivity index (χ2n) is 5.45. The van der Waals surface area contributed by atoms with Gasteiger partial charge >= 0.3 is 0 Å². The maximum Gasteiger partial charge on any atom is 0.0191 e. The van der Waals surface area contributed by atoms with Gasteiger partial charge in [0.25, 0.3) is 0 Å². The van der Waals surface area contributed by atoms with Gasteiger partial charge in [0, 0.05) is 16.3 Å². The smallest absolute Gasteiger partial charge is 0.0191 e. The van der Waals surface area contributed by atoms with E-state index in [1.165, 1.54) is 34.0 Å². The molecule has 0 aliphatic heterocycles. The van der Waals surface area contributed by atoms with Gasteiger partial charge in [-0.3, -0.25) is 0 Å². The van der Waals surface area contributed by atoms with Crippen molar-refractivity contribution < 1.29 is 0 Å². The van der Waals surface area contributed by atoms with E-state index >= 15 is 0 Å². The van der Waals surface area contributed by atoms with Gasteiger partial charge in [0.1, 0.15) is 0 Å². The Bertz CT molecular complexity index is 658. The quantitative estimate of drug-likeness (QED) is 0.630. The molecular formula is C18H15Br. The zero-order valence-corrected chi connectivity index (χ0v) is 12.2. The van der Waals surface area contributed by atoms with E-state index in [1.807, 2.05) is 0 Å². The van der Waals surface area contributed by atoms with Crippen LogP contribution in [0, 0.1) is 11.8 Å². The van der Waals surface area contributed by atoms with Crippen LogP contribution in [0.1, 0.15) is 17.5 Å². The van der Waals surface area contributed by atoms with Gasteiger partial charge in [-0.2, -0.15) is 0 Å². The number of benzene rings is 1.